The Morgan fingerprint density at radius 1 is 0.850 bits per heavy atom. The van der Waals surface area contributed by atoms with E-state index in [-0.39, 0.29) is 5.69 Å². The molecule has 2 N–H and O–H groups in total. The Balaban J connectivity index is 2.63. The van der Waals surface area contributed by atoms with Crippen LogP contribution in [0.1, 0.15) is 0 Å². The van der Waals surface area contributed by atoms with E-state index in [1.807, 2.05) is 0 Å². The molecule has 2 rings (SSSR count). The Kier molecular flexibility index (Phi) is 3.75. The van der Waals surface area contributed by atoms with Crippen LogP contribution in [0, 0.1) is 0 Å². The molecule has 2 aromatic rings. The fourth-order valence-corrected chi connectivity index (χ4v) is 1.48. The van der Waals surface area contributed by atoms with Gasteiger partial charge in [0, 0.05) is 6.07 Å². The number of hydrogen-bond acceptors (Lipinski definition) is 8. The molecule has 0 amide bonds. The fourth-order valence-electron chi connectivity index (χ4n) is 1.48. The van der Waals surface area contributed by atoms with Crippen LogP contribution in [0.2, 0.25) is 0 Å². The van der Waals surface area contributed by atoms with Crippen molar-refractivity contribution in [1.82, 2.24) is 0 Å². The summed E-state index contributed by atoms with van der Waals surface area (Å²) in [6.45, 7) is 0. The second-order valence-corrected chi connectivity index (χ2v) is 3.66. The van der Waals surface area contributed by atoms with Gasteiger partial charge in [-0.05, 0) is 12.1 Å². The van der Waals surface area contributed by atoms with Crippen molar-refractivity contribution in [3.05, 3.63) is 67.6 Å². The predicted molar refractivity (Wildman–Crippen MR) is 66.7 cm³/mol. The van der Waals surface area contributed by atoms with Gasteiger partial charge in [0.05, 0.1) is 5.69 Å². The van der Waals surface area contributed by atoms with Crippen LogP contribution in [0.5, 0.6) is 0 Å². The third-order valence-electron chi connectivity index (χ3n) is 2.40. The molecule has 0 aliphatic rings. The first-order valence-electron chi connectivity index (χ1n) is 5.39. The molecule has 0 spiro atoms. The second kappa shape index (κ2) is 5.65. The predicted octanol–water partition coefficient (Wildman–Crippen LogP) is 0.278. The van der Waals surface area contributed by atoms with Gasteiger partial charge in [-0.3, -0.25) is 9.59 Å². The Bertz CT molecular complexity index is 865. The zero-order chi connectivity index (χ0) is 14.5. The summed E-state index contributed by atoms with van der Waals surface area (Å²) in [5, 5.41) is 28.9. The highest BCUT2D eigenvalue weighted by atomic mass is 16.4. The van der Waals surface area contributed by atoms with E-state index in [2.05, 4.69) is 20.5 Å². The summed E-state index contributed by atoms with van der Waals surface area (Å²) in [5.41, 5.74) is -1.58. The maximum Gasteiger partial charge on any atom is 0.242 e. The number of benzene rings is 2. The van der Waals surface area contributed by atoms with Crippen LogP contribution in [0.15, 0.2) is 66.5 Å². The lowest BCUT2D eigenvalue weighted by atomic mass is 10.3. The first kappa shape index (κ1) is 13.3. The van der Waals surface area contributed by atoms with Gasteiger partial charge >= 0.3 is 0 Å². The van der Waals surface area contributed by atoms with Crippen LogP contribution in [0.3, 0.4) is 0 Å². The number of azo groups is 1. The summed E-state index contributed by atoms with van der Waals surface area (Å²) < 4.78 is 0. The van der Waals surface area contributed by atoms with Crippen molar-refractivity contribution in [1.29, 1.82) is 0 Å². The minimum Gasteiger partial charge on any atom is -0.410 e. The fraction of sp³-hybridized carbons (Fsp3) is 0. The van der Waals surface area contributed by atoms with Crippen LogP contribution in [-0.2, 0) is 0 Å². The van der Waals surface area contributed by atoms with Gasteiger partial charge in [0.1, 0.15) is 5.69 Å². The quantitative estimate of drug-likeness (QED) is 0.462. The maximum absolute atomic E-state index is 11.7. The summed E-state index contributed by atoms with van der Waals surface area (Å²) in [4.78, 5) is 23.2. The third kappa shape index (κ3) is 2.48. The van der Waals surface area contributed by atoms with Gasteiger partial charge in [0.15, 0.2) is 10.7 Å². The molecule has 8 heteroatoms. The lowest BCUT2D eigenvalue weighted by molar-refractivity contribution is 0.296. The first-order valence-corrected chi connectivity index (χ1v) is 5.39. The highest BCUT2D eigenvalue weighted by Gasteiger charge is 2.08. The Hall–Kier alpha value is -3.16. The molecular weight excluding hydrogens is 264 g/mol. The van der Waals surface area contributed by atoms with Crippen molar-refractivity contribution in [2.75, 3.05) is 0 Å². The molecule has 100 valence electrons. The average molecular weight is 272 g/mol. The average Bonchev–Trinajstić information content (AvgIpc) is 2.46. The van der Waals surface area contributed by atoms with E-state index in [0.29, 0.717) is 5.69 Å². The topological polar surface area (TPSA) is 124 Å². The smallest absolute Gasteiger partial charge is 0.242 e. The molecule has 0 aliphatic carbocycles. The highest BCUT2D eigenvalue weighted by molar-refractivity contribution is 5.39. The molecule has 0 fully saturated rings. The van der Waals surface area contributed by atoms with Crippen molar-refractivity contribution in [3.63, 3.8) is 0 Å². The molecule has 0 aromatic heterocycles. The normalized spacial score (nSPS) is 13.2. The summed E-state index contributed by atoms with van der Waals surface area (Å²) >= 11 is 0. The molecule has 20 heavy (non-hydrogen) atoms. The molecule has 0 bridgehead atoms. The van der Waals surface area contributed by atoms with E-state index in [4.69, 9.17) is 10.4 Å². The molecule has 0 aliphatic heterocycles. The molecule has 0 heterocycles. The van der Waals surface area contributed by atoms with Crippen molar-refractivity contribution in [2.45, 2.75) is 0 Å². The number of rotatable bonds is 2. The summed E-state index contributed by atoms with van der Waals surface area (Å²) in [6.07, 6.45) is 0. The summed E-state index contributed by atoms with van der Waals surface area (Å²) in [5.74, 6) is 0. The van der Waals surface area contributed by atoms with Crippen LogP contribution >= 0.6 is 0 Å². The zero-order valence-corrected chi connectivity index (χ0v) is 9.96. The molecular formula is C12H8N4O4. The van der Waals surface area contributed by atoms with E-state index in [1.54, 1.807) is 30.3 Å². The molecule has 0 saturated heterocycles. The van der Waals surface area contributed by atoms with Gasteiger partial charge in [-0.1, -0.05) is 28.5 Å². The van der Waals surface area contributed by atoms with Gasteiger partial charge in [-0.25, -0.2) is 0 Å². The molecule has 0 radical (unpaired) electrons. The molecule has 8 nitrogen and oxygen atoms in total. The van der Waals surface area contributed by atoms with E-state index in [0.717, 1.165) is 6.07 Å². The van der Waals surface area contributed by atoms with Crippen molar-refractivity contribution >= 4 is 11.4 Å². The zero-order valence-electron chi connectivity index (χ0n) is 9.96. The van der Waals surface area contributed by atoms with Gasteiger partial charge in [-0.15, -0.1) is 5.11 Å². The van der Waals surface area contributed by atoms with E-state index in [1.165, 1.54) is 0 Å². The van der Waals surface area contributed by atoms with E-state index < -0.39 is 21.6 Å². The van der Waals surface area contributed by atoms with Crippen LogP contribution < -0.4 is 21.6 Å². The summed E-state index contributed by atoms with van der Waals surface area (Å²) in [6, 6.07) is 9.48. The Morgan fingerprint density at radius 3 is 2.10 bits per heavy atom. The van der Waals surface area contributed by atoms with Crippen LogP contribution in [0.25, 0.3) is 0 Å². The van der Waals surface area contributed by atoms with Crippen molar-refractivity contribution in [2.24, 2.45) is 20.5 Å². The number of hydrogen-bond donors (Lipinski definition) is 2. The monoisotopic (exact) mass is 272 g/mol. The molecule has 2 aromatic carbocycles. The summed E-state index contributed by atoms with van der Waals surface area (Å²) in [7, 11) is 0. The standard InChI is InChI=1S/C12H8N4O4/c17-9-6-8(10(15-19)12(18)11(9)16-20)14-13-7-4-2-1-3-5-7/h1-6,19-20H/b14-13?,15-10-,16-11+. The van der Waals surface area contributed by atoms with E-state index >= 15 is 0 Å². The third-order valence-corrected chi connectivity index (χ3v) is 2.40. The van der Waals surface area contributed by atoms with Gasteiger partial charge < -0.3 is 10.4 Å². The molecule has 0 saturated carbocycles. The van der Waals surface area contributed by atoms with Crippen LogP contribution in [-0.4, -0.2) is 10.4 Å². The van der Waals surface area contributed by atoms with Crippen molar-refractivity contribution in [3.8, 4) is 0 Å². The molecule has 0 atom stereocenters. The maximum atomic E-state index is 11.7. The van der Waals surface area contributed by atoms with Crippen molar-refractivity contribution < 1.29 is 10.4 Å². The minimum atomic E-state index is -1.02. The molecule has 0 unspecified atom stereocenters. The lowest BCUT2D eigenvalue weighted by Crippen LogP contribution is -2.47. The Morgan fingerprint density at radius 2 is 1.50 bits per heavy atom. The number of nitrogens with zero attached hydrogens (tertiary/aromatic N) is 4. The van der Waals surface area contributed by atoms with E-state index in [9.17, 15) is 9.59 Å². The SMILES string of the molecule is O=c1cc(N=Nc2ccccc2)/c(=N/O)c(=O)/c1=N/O. The minimum absolute atomic E-state index is 0.209. The second-order valence-electron chi connectivity index (χ2n) is 3.66. The van der Waals surface area contributed by atoms with Gasteiger partial charge in [0.2, 0.25) is 10.9 Å². The van der Waals surface area contributed by atoms with Gasteiger partial charge in [0.25, 0.3) is 0 Å². The highest BCUT2D eigenvalue weighted by Crippen LogP contribution is 2.12. The van der Waals surface area contributed by atoms with Gasteiger partial charge in [-0.2, -0.15) is 5.11 Å². The largest absolute Gasteiger partial charge is 0.410 e. The lowest BCUT2D eigenvalue weighted by Gasteiger charge is -1.92. The Labute approximate surface area is 111 Å². The first-order chi connectivity index (χ1) is 9.67. The van der Waals surface area contributed by atoms with Crippen LogP contribution in [0.4, 0.5) is 11.4 Å².